The van der Waals surface area contributed by atoms with Gasteiger partial charge >= 0.3 is 0 Å². The molecule has 4 nitrogen and oxygen atoms in total. The predicted octanol–water partition coefficient (Wildman–Crippen LogP) is 2.29. The lowest BCUT2D eigenvalue weighted by Crippen LogP contribution is -2.01. The topological polar surface area (TPSA) is 47.3 Å². The number of aryl methyl sites for hydroxylation is 1. The molecule has 1 aromatic carbocycles. The number of aliphatic hydroxyl groups is 1. The largest absolute Gasteiger partial charge is 0.495 e. The fraction of sp³-hybridized carbons (Fsp3) is 0.353. The average Bonchev–Trinajstić information content (AvgIpc) is 2.80. The Balaban J connectivity index is 2.27. The van der Waals surface area contributed by atoms with Gasteiger partial charge in [0.1, 0.15) is 5.75 Å². The summed E-state index contributed by atoms with van der Waals surface area (Å²) in [6.45, 7) is 4.90. The van der Waals surface area contributed by atoms with Gasteiger partial charge < -0.3 is 14.4 Å². The zero-order valence-electron chi connectivity index (χ0n) is 12.7. The Kier molecular flexibility index (Phi) is 5.02. The summed E-state index contributed by atoms with van der Waals surface area (Å²) >= 11 is 0. The number of imidazole rings is 1. The highest BCUT2D eigenvalue weighted by Gasteiger charge is 2.06. The van der Waals surface area contributed by atoms with Gasteiger partial charge in [-0.1, -0.05) is 17.9 Å². The Morgan fingerprint density at radius 2 is 2.14 bits per heavy atom. The molecule has 0 radical (unpaired) electrons. The first kappa shape index (κ1) is 15.1. The number of aliphatic hydroxyl groups excluding tert-OH is 1. The molecule has 0 saturated heterocycles. The molecule has 1 aromatic heterocycles. The molecule has 21 heavy (non-hydrogen) atoms. The summed E-state index contributed by atoms with van der Waals surface area (Å²) in [5.74, 6) is 6.74. The van der Waals surface area contributed by atoms with Gasteiger partial charge in [0.25, 0.3) is 0 Å². The zero-order valence-corrected chi connectivity index (χ0v) is 12.7. The fourth-order valence-electron chi connectivity index (χ4n) is 2.07. The van der Waals surface area contributed by atoms with Crippen LogP contribution < -0.4 is 4.74 Å². The van der Waals surface area contributed by atoms with Gasteiger partial charge in [-0.3, -0.25) is 0 Å². The molecular weight excluding hydrogens is 264 g/mol. The molecule has 0 saturated carbocycles. The maximum absolute atomic E-state index is 8.81. The Morgan fingerprint density at radius 3 is 2.76 bits per heavy atom. The summed E-state index contributed by atoms with van der Waals surface area (Å²) in [4.78, 5) is 4.31. The Morgan fingerprint density at radius 1 is 1.33 bits per heavy atom. The van der Waals surface area contributed by atoms with Gasteiger partial charge in [0.05, 0.1) is 31.3 Å². The van der Waals surface area contributed by atoms with Crippen LogP contribution in [0.3, 0.4) is 0 Å². The number of benzene rings is 1. The van der Waals surface area contributed by atoms with Gasteiger partial charge in [-0.15, -0.1) is 0 Å². The molecule has 110 valence electrons. The lowest BCUT2D eigenvalue weighted by molar-refractivity contribution is 0.305. The lowest BCUT2D eigenvalue weighted by Gasteiger charge is -2.09. The number of hydrogen-bond acceptors (Lipinski definition) is 3. The Hall–Kier alpha value is -2.25. The van der Waals surface area contributed by atoms with Crippen molar-refractivity contribution in [1.29, 1.82) is 0 Å². The van der Waals surface area contributed by atoms with E-state index < -0.39 is 0 Å². The van der Waals surface area contributed by atoms with E-state index >= 15 is 0 Å². The molecule has 0 unspecified atom stereocenters. The predicted molar refractivity (Wildman–Crippen MR) is 82.4 cm³/mol. The van der Waals surface area contributed by atoms with Gasteiger partial charge in [-0.05, 0) is 31.5 Å². The second-order valence-corrected chi connectivity index (χ2v) is 4.85. The van der Waals surface area contributed by atoms with Crippen LogP contribution in [-0.4, -0.2) is 28.4 Å². The van der Waals surface area contributed by atoms with E-state index in [1.165, 1.54) is 5.69 Å². The van der Waals surface area contributed by atoms with Gasteiger partial charge in [0.2, 0.25) is 0 Å². The minimum Gasteiger partial charge on any atom is -0.495 e. The van der Waals surface area contributed by atoms with Crippen molar-refractivity contribution >= 4 is 0 Å². The Labute approximate surface area is 125 Å². The van der Waals surface area contributed by atoms with Gasteiger partial charge in [-0.25, -0.2) is 4.98 Å². The highest BCUT2D eigenvalue weighted by Crippen LogP contribution is 2.20. The van der Waals surface area contributed by atoms with Crippen LogP contribution in [0.5, 0.6) is 5.75 Å². The van der Waals surface area contributed by atoms with E-state index in [-0.39, 0.29) is 6.61 Å². The van der Waals surface area contributed by atoms with Crippen molar-refractivity contribution in [3.63, 3.8) is 0 Å². The SMILES string of the molecule is COc1ccc(Cn2cnc(C)c2C)cc1C#CCCO. The van der Waals surface area contributed by atoms with Crippen LogP contribution >= 0.6 is 0 Å². The molecule has 0 aliphatic carbocycles. The van der Waals surface area contributed by atoms with Crippen molar-refractivity contribution in [3.8, 4) is 17.6 Å². The van der Waals surface area contributed by atoms with Gasteiger partial charge in [0.15, 0.2) is 0 Å². The van der Waals surface area contributed by atoms with Crippen molar-refractivity contribution < 1.29 is 9.84 Å². The first-order chi connectivity index (χ1) is 10.2. The molecule has 1 heterocycles. The van der Waals surface area contributed by atoms with Gasteiger partial charge in [0, 0.05) is 18.7 Å². The lowest BCUT2D eigenvalue weighted by atomic mass is 10.1. The normalized spacial score (nSPS) is 10.1. The fourth-order valence-corrected chi connectivity index (χ4v) is 2.07. The molecule has 0 bridgehead atoms. The first-order valence-electron chi connectivity index (χ1n) is 6.90. The molecule has 2 rings (SSSR count). The Bertz CT molecular complexity index is 678. The number of aromatic nitrogens is 2. The van der Waals surface area contributed by atoms with Crippen molar-refractivity contribution in [2.75, 3.05) is 13.7 Å². The maximum Gasteiger partial charge on any atom is 0.134 e. The number of nitrogens with zero attached hydrogens (tertiary/aromatic N) is 2. The second kappa shape index (κ2) is 6.96. The molecule has 2 aromatic rings. The quantitative estimate of drug-likeness (QED) is 0.876. The first-order valence-corrected chi connectivity index (χ1v) is 6.90. The third kappa shape index (κ3) is 3.65. The molecule has 0 atom stereocenters. The van der Waals surface area contributed by atoms with E-state index in [0.717, 1.165) is 29.1 Å². The summed E-state index contributed by atoms with van der Waals surface area (Å²) in [5.41, 5.74) is 4.20. The van der Waals surface area contributed by atoms with E-state index in [4.69, 9.17) is 9.84 Å². The number of ether oxygens (including phenoxy) is 1. The smallest absolute Gasteiger partial charge is 0.134 e. The molecule has 4 heteroatoms. The summed E-state index contributed by atoms with van der Waals surface area (Å²) in [6, 6.07) is 5.99. The minimum atomic E-state index is 0.0719. The van der Waals surface area contributed by atoms with E-state index in [1.807, 2.05) is 31.5 Å². The zero-order chi connectivity index (χ0) is 15.2. The summed E-state index contributed by atoms with van der Waals surface area (Å²) in [5, 5.41) is 8.81. The molecule has 0 amide bonds. The van der Waals surface area contributed by atoms with E-state index in [1.54, 1.807) is 7.11 Å². The number of hydrogen-bond donors (Lipinski definition) is 1. The van der Waals surface area contributed by atoms with Crippen LogP contribution in [0.25, 0.3) is 0 Å². The third-order valence-electron chi connectivity index (χ3n) is 3.42. The van der Waals surface area contributed by atoms with Crippen molar-refractivity contribution in [1.82, 2.24) is 9.55 Å². The van der Waals surface area contributed by atoms with Crippen LogP contribution in [0.1, 0.15) is 28.9 Å². The maximum atomic E-state index is 8.81. The van der Waals surface area contributed by atoms with E-state index in [9.17, 15) is 0 Å². The summed E-state index contributed by atoms with van der Waals surface area (Å²) in [7, 11) is 1.63. The molecular formula is C17H20N2O2. The molecule has 0 aliphatic rings. The highest BCUT2D eigenvalue weighted by molar-refractivity contribution is 5.48. The van der Waals surface area contributed by atoms with Crippen molar-refractivity contribution in [3.05, 3.63) is 47.0 Å². The van der Waals surface area contributed by atoms with Crippen LogP contribution in [0.15, 0.2) is 24.5 Å². The minimum absolute atomic E-state index is 0.0719. The van der Waals surface area contributed by atoms with Crippen LogP contribution in [-0.2, 0) is 6.54 Å². The summed E-state index contributed by atoms with van der Waals surface area (Å²) < 4.78 is 7.44. The van der Waals surface area contributed by atoms with Crippen molar-refractivity contribution in [2.45, 2.75) is 26.8 Å². The van der Waals surface area contributed by atoms with E-state index in [2.05, 4.69) is 28.3 Å². The van der Waals surface area contributed by atoms with E-state index in [0.29, 0.717) is 6.42 Å². The number of rotatable bonds is 4. The number of methoxy groups -OCH3 is 1. The van der Waals surface area contributed by atoms with Crippen LogP contribution in [0, 0.1) is 25.7 Å². The average molecular weight is 284 g/mol. The third-order valence-corrected chi connectivity index (χ3v) is 3.42. The highest BCUT2D eigenvalue weighted by atomic mass is 16.5. The molecule has 0 spiro atoms. The summed E-state index contributed by atoms with van der Waals surface area (Å²) in [6.07, 6.45) is 2.32. The standard InChI is InChI=1S/C17H20N2O2/c1-13-14(2)19(12-18-13)11-15-7-8-17(21-3)16(10-15)6-4-5-9-20/h7-8,10,12,20H,5,9,11H2,1-3H3. The molecule has 0 aliphatic heterocycles. The molecule has 0 fully saturated rings. The molecule has 1 N–H and O–H groups in total. The monoisotopic (exact) mass is 284 g/mol. The van der Waals surface area contributed by atoms with Gasteiger partial charge in [-0.2, -0.15) is 0 Å². The van der Waals surface area contributed by atoms with Crippen molar-refractivity contribution in [2.24, 2.45) is 0 Å². The second-order valence-electron chi connectivity index (χ2n) is 4.85. The van der Waals surface area contributed by atoms with Crippen LogP contribution in [0.2, 0.25) is 0 Å². The van der Waals surface area contributed by atoms with Crippen LogP contribution in [0.4, 0.5) is 0 Å².